The first kappa shape index (κ1) is 22.4. The summed E-state index contributed by atoms with van der Waals surface area (Å²) in [5, 5.41) is 4.72. The monoisotopic (exact) mass is 420 g/mol. The third-order valence-electron chi connectivity index (χ3n) is 3.95. The highest BCUT2D eigenvalue weighted by atomic mass is 32.2. The van der Waals surface area contributed by atoms with Crippen LogP contribution in [0, 0.1) is 0 Å². The quantitative estimate of drug-likeness (QED) is 0.634. The van der Waals surface area contributed by atoms with Crippen LogP contribution in [0.4, 0.5) is 16.2 Å². The highest BCUT2D eigenvalue weighted by molar-refractivity contribution is 7.92. The lowest BCUT2D eigenvalue weighted by molar-refractivity contribution is 0.102. The van der Waals surface area contributed by atoms with Gasteiger partial charge in [-0.25, -0.2) is 13.2 Å². The summed E-state index contributed by atoms with van der Waals surface area (Å²) < 4.78 is 34.0. The number of nitrogens with one attached hydrogen (secondary N) is 2. The van der Waals surface area contributed by atoms with Crippen molar-refractivity contribution in [3.8, 4) is 0 Å². The molecule has 0 saturated carbocycles. The molecule has 0 radical (unpaired) electrons. The van der Waals surface area contributed by atoms with E-state index in [0.717, 1.165) is 0 Å². The molecule has 0 atom stereocenters. The second-order valence-electron chi connectivity index (χ2n) is 6.41. The number of carbonyl (C=O) groups is 2. The van der Waals surface area contributed by atoms with E-state index in [1.807, 2.05) is 0 Å². The Bertz CT molecular complexity index is 955. The third-order valence-corrected chi connectivity index (χ3v) is 6.12. The predicted octanol–water partition coefficient (Wildman–Crippen LogP) is 3.32. The minimum atomic E-state index is -3.40. The van der Waals surface area contributed by atoms with Crippen LogP contribution in [-0.2, 0) is 19.3 Å². The van der Waals surface area contributed by atoms with Gasteiger partial charge < -0.3 is 14.8 Å². The molecule has 29 heavy (non-hydrogen) atoms. The first-order valence-electron chi connectivity index (χ1n) is 8.92. The molecule has 0 heterocycles. The fourth-order valence-electron chi connectivity index (χ4n) is 2.32. The molecule has 156 valence electrons. The zero-order valence-corrected chi connectivity index (χ0v) is 17.3. The molecule has 0 spiro atoms. The standard InChI is InChI=1S/C20H24N2O6S/c1-14(2)29(25,26)18-9-7-15(8-10-18)19(23)21-16-5-4-6-17(13-16)22-20(24)28-12-11-27-3/h4-10,13-14H,11-12H2,1-3H3,(H,21,23)(H,22,24). The summed E-state index contributed by atoms with van der Waals surface area (Å²) in [7, 11) is -1.89. The number of rotatable bonds is 8. The van der Waals surface area contributed by atoms with Gasteiger partial charge in [-0.1, -0.05) is 6.07 Å². The van der Waals surface area contributed by atoms with Crippen LogP contribution in [0.25, 0.3) is 0 Å². The van der Waals surface area contributed by atoms with Crippen LogP contribution in [0.5, 0.6) is 0 Å². The summed E-state index contributed by atoms with van der Waals surface area (Å²) in [4.78, 5) is 24.3. The van der Waals surface area contributed by atoms with Gasteiger partial charge in [-0.05, 0) is 56.3 Å². The first-order valence-corrected chi connectivity index (χ1v) is 10.5. The molecule has 2 aromatic rings. The van der Waals surface area contributed by atoms with Crippen molar-refractivity contribution in [2.75, 3.05) is 31.0 Å². The van der Waals surface area contributed by atoms with Gasteiger partial charge >= 0.3 is 6.09 Å². The number of hydrogen-bond acceptors (Lipinski definition) is 6. The molecule has 0 aliphatic rings. The molecule has 0 aliphatic carbocycles. The fourth-order valence-corrected chi connectivity index (χ4v) is 3.38. The maximum Gasteiger partial charge on any atom is 0.411 e. The van der Waals surface area contributed by atoms with Crippen LogP contribution in [0.2, 0.25) is 0 Å². The molecular weight excluding hydrogens is 396 g/mol. The van der Waals surface area contributed by atoms with E-state index in [1.165, 1.54) is 31.4 Å². The van der Waals surface area contributed by atoms with E-state index in [2.05, 4.69) is 10.6 Å². The molecule has 2 amide bonds. The van der Waals surface area contributed by atoms with Gasteiger partial charge in [0.1, 0.15) is 6.61 Å². The Balaban J connectivity index is 2.03. The molecule has 2 N–H and O–H groups in total. The Morgan fingerprint density at radius 3 is 2.17 bits per heavy atom. The SMILES string of the molecule is COCCOC(=O)Nc1cccc(NC(=O)c2ccc(S(=O)(=O)C(C)C)cc2)c1. The second-order valence-corrected chi connectivity index (χ2v) is 8.91. The number of methoxy groups -OCH3 is 1. The number of amides is 2. The van der Waals surface area contributed by atoms with E-state index in [9.17, 15) is 18.0 Å². The molecule has 0 aliphatic heterocycles. The molecule has 0 fully saturated rings. The topological polar surface area (TPSA) is 111 Å². The van der Waals surface area contributed by atoms with Crippen molar-refractivity contribution in [3.63, 3.8) is 0 Å². The number of anilines is 2. The molecule has 0 aromatic heterocycles. The van der Waals surface area contributed by atoms with Crippen molar-refractivity contribution >= 4 is 33.2 Å². The van der Waals surface area contributed by atoms with E-state index in [4.69, 9.17) is 9.47 Å². The van der Waals surface area contributed by atoms with Crippen LogP contribution in [-0.4, -0.2) is 46.0 Å². The fraction of sp³-hybridized carbons (Fsp3) is 0.300. The average molecular weight is 420 g/mol. The molecule has 2 rings (SSSR count). The largest absolute Gasteiger partial charge is 0.447 e. The summed E-state index contributed by atoms with van der Waals surface area (Å²) in [5.74, 6) is -0.404. The van der Waals surface area contributed by atoms with Gasteiger partial charge in [-0.2, -0.15) is 0 Å². The van der Waals surface area contributed by atoms with Crippen molar-refractivity contribution < 1.29 is 27.5 Å². The van der Waals surface area contributed by atoms with E-state index in [1.54, 1.807) is 38.1 Å². The molecule has 2 aromatic carbocycles. The summed E-state index contributed by atoms with van der Waals surface area (Å²) in [6, 6.07) is 12.3. The lowest BCUT2D eigenvalue weighted by Gasteiger charge is -2.10. The van der Waals surface area contributed by atoms with Gasteiger partial charge in [0, 0.05) is 24.0 Å². The van der Waals surface area contributed by atoms with Gasteiger partial charge in [0.15, 0.2) is 9.84 Å². The number of hydrogen-bond donors (Lipinski definition) is 2. The van der Waals surface area contributed by atoms with Crippen molar-refractivity contribution in [1.82, 2.24) is 0 Å². The highest BCUT2D eigenvalue weighted by Gasteiger charge is 2.19. The lowest BCUT2D eigenvalue weighted by Crippen LogP contribution is -2.17. The summed E-state index contributed by atoms with van der Waals surface area (Å²) in [6.07, 6.45) is -0.632. The Hall–Kier alpha value is -2.91. The zero-order valence-electron chi connectivity index (χ0n) is 16.5. The van der Waals surface area contributed by atoms with Crippen LogP contribution < -0.4 is 10.6 Å². The van der Waals surface area contributed by atoms with Crippen molar-refractivity contribution in [3.05, 3.63) is 54.1 Å². The first-order chi connectivity index (χ1) is 13.7. The Morgan fingerprint density at radius 2 is 1.59 bits per heavy atom. The van der Waals surface area contributed by atoms with Gasteiger partial charge in [-0.3, -0.25) is 10.1 Å². The smallest absolute Gasteiger partial charge is 0.411 e. The number of benzene rings is 2. The van der Waals surface area contributed by atoms with Crippen molar-refractivity contribution in [1.29, 1.82) is 0 Å². The normalized spacial score (nSPS) is 11.2. The molecule has 0 bridgehead atoms. The van der Waals surface area contributed by atoms with E-state index < -0.39 is 27.1 Å². The molecule has 9 heteroatoms. The van der Waals surface area contributed by atoms with E-state index in [-0.39, 0.29) is 11.5 Å². The average Bonchev–Trinajstić information content (AvgIpc) is 2.68. The van der Waals surface area contributed by atoms with Crippen LogP contribution in [0.3, 0.4) is 0 Å². The van der Waals surface area contributed by atoms with Gasteiger partial charge in [-0.15, -0.1) is 0 Å². The summed E-state index contributed by atoms with van der Waals surface area (Å²) in [5.41, 5.74) is 1.22. The minimum absolute atomic E-state index is 0.126. The molecule has 8 nitrogen and oxygen atoms in total. The van der Waals surface area contributed by atoms with E-state index in [0.29, 0.717) is 23.5 Å². The Morgan fingerprint density at radius 1 is 0.966 bits per heavy atom. The van der Waals surface area contributed by atoms with Crippen molar-refractivity contribution in [2.45, 2.75) is 24.0 Å². The van der Waals surface area contributed by atoms with Gasteiger partial charge in [0.25, 0.3) is 5.91 Å². The maximum absolute atomic E-state index is 12.4. The van der Waals surface area contributed by atoms with E-state index >= 15 is 0 Å². The number of sulfone groups is 1. The Labute approximate surface area is 170 Å². The van der Waals surface area contributed by atoms with Crippen LogP contribution in [0.1, 0.15) is 24.2 Å². The van der Waals surface area contributed by atoms with Crippen LogP contribution in [0.15, 0.2) is 53.4 Å². The molecule has 0 saturated heterocycles. The third kappa shape index (κ3) is 6.30. The van der Waals surface area contributed by atoms with Crippen LogP contribution >= 0.6 is 0 Å². The maximum atomic E-state index is 12.4. The Kier molecular flexibility index (Phi) is 7.74. The molecule has 0 unspecified atom stereocenters. The second kappa shape index (κ2) is 10.0. The minimum Gasteiger partial charge on any atom is -0.447 e. The predicted molar refractivity (Wildman–Crippen MR) is 110 cm³/mol. The molecular formula is C20H24N2O6S. The summed E-state index contributed by atoms with van der Waals surface area (Å²) >= 11 is 0. The van der Waals surface area contributed by atoms with Crippen molar-refractivity contribution in [2.24, 2.45) is 0 Å². The summed E-state index contributed by atoms with van der Waals surface area (Å²) in [6.45, 7) is 3.62. The number of ether oxygens (including phenoxy) is 2. The van der Waals surface area contributed by atoms with Gasteiger partial charge in [0.2, 0.25) is 0 Å². The lowest BCUT2D eigenvalue weighted by atomic mass is 10.2. The number of carbonyl (C=O) groups excluding carboxylic acids is 2. The zero-order chi connectivity index (χ0) is 21.4. The highest BCUT2D eigenvalue weighted by Crippen LogP contribution is 2.19. The van der Waals surface area contributed by atoms with Gasteiger partial charge in [0.05, 0.1) is 16.8 Å².